The number of nitrogen functional groups attached to an aromatic ring is 1. The second-order valence-corrected chi connectivity index (χ2v) is 7.63. The molecule has 1 aromatic carbocycles. The SMILES string of the molecule is CCCCn1c(N)c(N(Cc2ccccc2)C(=O)c2nc(Cl)ccc2Cl)c(=O)[nH]c1=O. The Labute approximate surface area is 188 Å². The number of H-pyrrole nitrogens is 1. The van der Waals surface area contributed by atoms with E-state index >= 15 is 0 Å². The summed E-state index contributed by atoms with van der Waals surface area (Å²) in [5.74, 6) is -0.779. The zero-order chi connectivity index (χ0) is 22.5. The molecule has 0 aliphatic heterocycles. The molecular formula is C21H21Cl2N5O3. The maximum absolute atomic E-state index is 13.5. The molecule has 0 saturated carbocycles. The van der Waals surface area contributed by atoms with Crippen molar-refractivity contribution in [2.75, 3.05) is 10.6 Å². The number of nitrogens with zero attached hydrogens (tertiary/aromatic N) is 3. The van der Waals surface area contributed by atoms with Crippen molar-refractivity contribution in [1.82, 2.24) is 14.5 Å². The Kier molecular flexibility index (Phi) is 7.14. The second kappa shape index (κ2) is 9.80. The summed E-state index contributed by atoms with van der Waals surface area (Å²) in [5, 5.41) is 0.143. The molecule has 0 aliphatic rings. The van der Waals surface area contributed by atoms with E-state index in [-0.39, 0.29) is 33.9 Å². The van der Waals surface area contributed by atoms with Gasteiger partial charge in [-0.3, -0.25) is 24.0 Å². The fourth-order valence-electron chi connectivity index (χ4n) is 3.09. The highest BCUT2D eigenvalue weighted by Crippen LogP contribution is 2.25. The standard InChI is InChI=1S/C21H21Cl2N5O3/c1-2-3-11-27-18(24)17(19(29)26-21(27)31)28(12-13-7-5-4-6-8-13)20(30)16-14(22)9-10-15(23)25-16/h4-10H,2-3,11-12,24H2,1H3,(H,26,29,31). The van der Waals surface area contributed by atoms with E-state index in [1.807, 2.05) is 13.0 Å². The Morgan fingerprint density at radius 2 is 1.87 bits per heavy atom. The van der Waals surface area contributed by atoms with Crippen LogP contribution in [0.4, 0.5) is 11.5 Å². The lowest BCUT2D eigenvalue weighted by atomic mass is 10.2. The highest BCUT2D eigenvalue weighted by molar-refractivity contribution is 6.35. The third-order valence-electron chi connectivity index (χ3n) is 4.66. The lowest BCUT2D eigenvalue weighted by Gasteiger charge is -2.24. The van der Waals surface area contributed by atoms with Gasteiger partial charge in [0, 0.05) is 6.54 Å². The molecule has 0 atom stereocenters. The van der Waals surface area contributed by atoms with Gasteiger partial charge in [0.05, 0.1) is 11.6 Å². The number of unbranched alkanes of at least 4 members (excludes halogenated alkanes) is 1. The van der Waals surface area contributed by atoms with Crippen molar-refractivity contribution in [1.29, 1.82) is 0 Å². The number of aromatic nitrogens is 3. The number of carbonyl (C=O) groups excluding carboxylic acids is 1. The number of pyridine rings is 1. The van der Waals surface area contributed by atoms with Crippen LogP contribution in [0.15, 0.2) is 52.1 Å². The van der Waals surface area contributed by atoms with Gasteiger partial charge in [0.1, 0.15) is 16.7 Å². The van der Waals surface area contributed by atoms with Crippen LogP contribution in [0, 0.1) is 0 Å². The number of halogens is 2. The third kappa shape index (κ3) is 4.98. The monoisotopic (exact) mass is 461 g/mol. The summed E-state index contributed by atoms with van der Waals surface area (Å²) in [5.41, 5.74) is 5.28. The van der Waals surface area contributed by atoms with E-state index in [2.05, 4.69) is 9.97 Å². The molecule has 3 N–H and O–H groups in total. The average molecular weight is 462 g/mol. The van der Waals surface area contributed by atoms with Crippen molar-refractivity contribution in [2.24, 2.45) is 0 Å². The molecule has 0 unspecified atom stereocenters. The molecule has 0 aliphatic carbocycles. The molecule has 0 bridgehead atoms. The number of anilines is 2. The van der Waals surface area contributed by atoms with Crippen molar-refractivity contribution in [3.8, 4) is 0 Å². The molecular weight excluding hydrogens is 441 g/mol. The second-order valence-electron chi connectivity index (χ2n) is 6.84. The zero-order valence-corrected chi connectivity index (χ0v) is 18.3. The summed E-state index contributed by atoms with van der Waals surface area (Å²) in [7, 11) is 0. The van der Waals surface area contributed by atoms with Crippen molar-refractivity contribution in [3.63, 3.8) is 0 Å². The average Bonchev–Trinajstić information content (AvgIpc) is 2.74. The molecule has 10 heteroatoms. The van der Waals surface area contributed by atoms with Crippen LogP contribution in [-0.4, -0.2) is 20.4 Å². The van der Waals surface area contributed by atoms with Crippen LogP contribution in [0.5, 0.6) is 0 Å². The molecule has 3 rings (SSSR count). The van der Waals surface area contributed by atoms with E-state index in [1.54, 1.807) is 24.3 Å². The molecule has 1 amide bonds. The summed E-state index contributed by atoms with van der Waals surface area (Å²) in [4.78, 5) is 46.0. The quantitative estimate of drug-likeness (QED) is 0.522. The Morgan fingerprint density at radius 1 is 1.16 bits per heavy atom. The number of hydrogen-bond acceptors (Lipinski definition) is 5. The van der Waals surface area contributed by atoms with Crippen LogP contribution in [0.2, 0.25) is 10.2 Å². The van der Waals surface area contributed by atoms with E-state index in [0.29, 0.717) is 13.0 Å². The van der Waals surface area contributed by atoms with Crippen molar-refractivity contribution < 1.29 is 4.79 Å². The summed E-state index contributed by atoms with van der Waals surface area (Å²) in [6.45, 7) is 2.27. The maximum Gasteiger partial charge on any atom is 0.330 e. The summed E-state index contributed by atoms with van der Waals surface area (Å²) < 4.78 is 1.25. The number of rotatable bonds is 7. The van der Waals surface area contributed by atoms with E-state index in [4.69, 9.17) is 28.9 Å². The molecule has 2 aromatic heterocycles. The number of benzene rings is 1. The first kappa shape index (κ1) is 22.6. The first-order valence-corrected chi connectivity index (χ1v) is 10.4. The highest BCUT2D eigenvalue weighted by atomic mass is 35.5. The fourth-order valence-corrected chi connectivity index (χ4v) is 3.42. The molecule has 162 valence electrons. The minimum atomic E-state index is -0.780. The van der Waals surface area contributed by atoms with E-state index < -0.39 is 17.2 Å². The Morgan fingerprint density at radius 3 is 2.55 bits per heavy atom. The molecule has 0 fully saturated rings. The molecule has 8 nitrogen and oxygen atoms in total. The minimum Gasteiger partial charge on any atom is -0.383 e. The van der Waals surface area contributed by atoms with Gasteiger partial charge in [-0.1, -0.05) is 66.9 Å². The first-order chi connectivity index (χ1) is 14.8. The maximum atomic E-state index is 13.5. The summed E-state index contributed by atoms with van der Waals surface area (Å²) >= 11 is 12.1. The van der Waals surface area contributed by atoms with Gasteiger partial charge in [0.15, 0.2) is 5.69 Å². The number of aromatic amines is 1. The summed E-state index contributed by atoms with van der Waals surface area (Å²) in [6, 6.07) is 11.9. The van der Waals surface area contributed by atoms with E-state index in [0.717, 1.165) is 16.9 Å². The molecule has 0 saturated heterocycles. The van der Waals surface area contributed by atoms with E-state index in [1.165, 1.54) is 16.7 Å². The number of carbonyl (C=O) groups is 1. The summed E-state index contributed by atoms with van der Waals surface area (Å²) in [6.07, 6.45) is 1.49. The van der Waals surface area contributed by atoms with Crippen molar-refractivity contribution in [3.05, 3.63) is 84.7 Å². The zero-order valence-electron chi connectivity index (χ0n) is 16.8. The van der Waals surface area contributed by atoms with Crippen LogP contribution in [0.25, 0.3) is 0 Å². The van der Waals surface area contributed by atoms with Crippen LogP contribution in [-0.2, 0) is 13.1 Å². The van der Waals surface area contributed by atoms with Gasteiger partial charge in [-0.15, -0.1) is 0 Å². The normalized spacial score (nSPS) is 10.8. The van der Waals surface area contributed by atoms with Crippen LogP contribution < -0.4 is 21.9 Å². The number of amides is 1. The smallest absolute Gasteiger partial charge is 0.330 e. The van der Waals surface area contributed by atoms with Crippen molar-refractivity contribution >= 4 is 40.6 Å². The van der Waals surface area contributed by atoms with Crippen molar-refractivity contribution in [2.45, 2.75) is 32.9 Å². The fraction of sp³-hybridized carbons (Fsp3) is 0.238. The topological polar surface area (TPSA) is 114 Å². The van der Waals surface area contributed by atoms with E-state index in [9.17, 15) is 14.4 Å². The van der Waals surface area contributed by atoms with Gasteiger partial charge in [-0.05, 0) is 24.1 Å². The van der Waals surface area contributed by atoms with Gasteiger partial charge < -0.3 is 5.73 Å². The minimum absolute atomic E-state index is 0.00343. The molecule has 0 spiro atoms. The number of nitrogens with two attached hydrogens (primary N) is 1. The first-order valence-electron chi connectivity index (χ1n) is 9.64. The lowest BCUT2D eigenvalue weighted by molar-refractivity contribution is 0.0980. The number of nitrogens with one attached hydrogen (secondary N) is 1. The lowest BCUT2D eigenvalue weighted by Crippen LogP contribution is -2.41. The largest absolute Gasteiger partial charge is 0.383 e. The van der Waals surface area contributed by atoms with Gasteiger partial charge in [-0.25, -0.2) is 9.78 Å². The molecule has 2 heterocycles. The predicted molar refractivity (Wildman–Crippen MR) is 122 cm³/mol. The van der Waals surface area contributed by atoms with Gasteiger partial charge in [-0.2, -0.15) is 0 Å². The van der Waals surface area contributed by atoms with Crippen LogP contribution in [0.3, 0.4) is 0 Å². The van der Waals surface area contributed by atoms with Gasteiger partial charge >= 0.3 is 5.69 Å². The Balaban J connectivity index is 2.19. The Bertz CT molecular complexity index is 1210. The van der Waals surface area contributed by atoms with Crippen LogP contribution >= 0.6 is 23.2 Å². The number of hydrogen-bond donors (Lipinski definition) is 2. The van der Waals surface area contributed by atoms with Gasteiger partial charge in [0.25, 0.3) is 11.5 Å². The van der Waals surface area contributed by atoms with Gasteiger partial charge in [0.2, 0.25) is 0 Å². The highest BCUT2D eigenvalue weighted by Gasteiger charge is 2.28. The molecule has 3 aromatic rings. The molecule has 0 radical (unpaired) electrons. The van der Waals surface area contributed by atoms with Crippen LogP contribution in [0.1, 0.15) is 35.8 Å². The Hall–Kier alpha value is -3.10. The third-order valence-corrected chi connectivity index (χ3v) is 5.18. The predicted octanol–water partition coefficient (Wildman–Crippen LogP) is 3.47. The molecule has 31 heavy (non-hydrogen) atoms.